The van der Waals surface area contributed by atoms with Gasteiger partial charge in [0.25, 0.3) is 0 Å². The summed E-state index contributed by atoms with van der Waals surface area (Å²) >= 11 is 0. The monoisotopic (exact) mass is 802 g/mol. The molecule has 0 aliphatic carbocycles. The van der Waals surface area contributed by atoms with E-state index in [1.165, 1.54) is 0 Å². The van der Waals surface area contributed by atoms with Crippen LogP contribution in [-0.4, -0.2) is 114 Å². The van der Waals surface area contributed by atoms with Crippen molar-refractivity contribution >= 4 is 28.8 Å². The molecule has 0 radical (unpaired) electrons. The fraction of sp³-hybridized carbons (Fsp3) is 0.762. The Bertz CT molecular complexity index is 1530. The van der Waals surface area contributed by atoms with Crippen molar-refractivity contribution in [1.29, 1.82) is 0 Å². The third-order valence-corrected chi connectivity index (χ3v) is 13.5. The van der Waals surface area contributed by atoms with Crippen molar-refractivity contribution in [3.05, 3.63) is 47.5 Å². The molecule has 3 fully saturated rings. The summed E-state index contributed by atoms with van der Waals surface area (Å²) in [7, 11) is -0.0894. The predicted molar refractivity (Wildman–Crippen MR) is 220 cm³/mol. The number of fused-ring (bicyclic) bond motifs is 2. The molecule has 0 amide bonds. The highest BCUT2D eigenvalue weighted by Gasteiger charge is 2.66. The first-order chi connectivity index (χ1) is 25.5. The molecule has 1 aromatic carbocycles. The first-order valence-corrected chi connectivity index (χ1v) is 27.2. The molecule has 4 heterocycles. The summed E-state index contributed by atoms with van der Waals surface area (Å²) in [5.74, 6) is -2.60. The van der Waals surface area contributed by atoms with E-state index < -0.39 is 64.1 Å². The summed E-state index contributed by atoms with van der Waals surface area (Å²) in [6.45, 7) is 27.6. The number of ether oxygens (including phenoxy) is 5. The van der Waals surface area contributed by atoms with Crippen molar-refractivity contribution in [2.75, 3.05) is 20.7 Å². The van der Waals surface area contributed by atoms with Crippen molar-refractivity contribution < 1.29 is 42.2 Å². The van der Waals surface area contributed by atoms with Gasteiger partial charge in [0.05, 0.1) is 36.0 Å². The van der Waals surface area contributed by atoms with Crippen LogP contribution in [0.15, 0.2) is 47.1 Å². The molecular formula is C42H70N2O9Si2. The van der Waals surface area contributed by atoms with Crippen molar-refractivity contribution in [3.8, 4) is 0 Å². The van der Waals surface area contributed by atoms with E-state index in [0.717, 1.165) is 17.6 Å². The van der Waals surface area contributed by atoms with Crippen LogP contribution in [0.25, 0.3) is 0 Å². The number of nitrogens with zero attached hydrogens (tertiary/aromatic N) is 2. The van der Waals surface area contributed by atoms with Gasteiger partial charge in [0.2, 0.25) is 0 Å². The lowest BCUT2D eigenvalue weighted by Gasteiger charge is -2.50. The van der Waals surface area contributed by atoms with E-state index in [4.69, 9.17) is 37.4 Å². The number of esters is 1. The van der Waals surface area contributed by atoms with Crippen molar-refractivity contribution in [2.24, 2.45) is 22.9 Å². The van der Waals surface area contributed by atoms with Crippen LogP contribution in [0.4, 0.5) is 0 Å². The summed E-state index contributed by atoms with van der Waals surface area (Å²) in [4.78, 5) is 22.6. The van der Waals surface area contributed by atoms with Gasteiger partial charge in [-0.2, -0.15) is 0 Å². The lowest BCUT2D eigenvalue weighted by molar-refractivity contribution is -0.326. The van der Waals surface area contributed by atoms with E-state index in [2.05, 4.69) is 91.1 Å². The molecule has 13 heteroatoms. The van der Waals surface area contributed by atoms with Gasteiger partial charge >= 0.3 is 5.97 Å². The van der Waals surface area contributed by atoms with Crippen LogP contribution in [0.1, 0.15) is 73.3 Å². The average molecular weight is 803 g/mol. The molecule has 0 N–H and O–H groups in total. The molecule has 1 aromatic rings. The standard InChI is InChI=1S/C42H70N2O9Si2/c1-16-34-40(6)24-32(26-46-43-25-31-20-18-17-19-21-31)42(52-40)27(2)23-41(7,53-42)37(29(4)35(50-54(10,11)12)30(5)38(45)48-34)49-39-36(51-55(13,14)15)33(44(8)9)22-28(3)47-39/h17-21,24-25,27-30,33-37,39H,16,22-23,26H2,1-15H3/b43-25-/t27-,28-,29+,30-,33+,34-,35+,36+,37-,39+,40?,41-,42?/m1/s1. The Morgan fingerprint density at radius 1 is 0.945 bits per heavy atom. The van der Waals surface area contributed by atoms with Gasteiger partial charge in [-0.1, -0.05) is 56.3 Å². The Labute approximate surface area is 333 Å². The van der Waals surface area contributed by atoms with Crippen LogP contribution in [0.2, 0.25) is 39.3 Å². The molecule has 3 bridgehead atoms. The molecule has 4 aliphatic heterocycles. The minimum atomic E-state index is -2.21. The van der Waals surface area contributed by atoms with E-state index in [-0.39, 0.29) is 42.7 Å². The Hall–Kier alpha value is -1.95. The van der Waals surface area contributed by atoms with Gasteiger partial charge in [0.15, 0.2) is 28.7 Å². The molecule has 4 aliphatic rings. The van der Waals surface area contributed by atoms with E-state index in [9.17, 15) is 4.79 Å². The molecule has 11 nitrogen and oxygen atoms in total. The summed E-state index contributed by atoms with van der Waals surface area (Å²) in [6.07, 6.45) is 2.86. The second-order valence-corrected chi connectivity index (χ2v) is 28.0. The molecule has 1 spiro atoms. The highest BCUT2D eigenvalue weighted by molar-refractivity contribution is 6.70. The zero-order valence-corrected chi connectivity index (χ0v) is 38.2. The number of benzene rings is 1. The van der Waals surface area contributed by atoms with Crippen molar-refractivity contribution in [2.45, 2.75) is 167 Å². The zero-order valence-electron chi connectivity index (χ0n) is 36.2. The van der Waals surface area contributed by atoms with Crippen LogP contribution in [0.3, 0.4) is 0 Å². The number of hydrogen-bond acceptors (Lipinski definition) is 11. The van der Waals surface area contributed by atoms with Gasteiger partial charge < -0.3 is 42.3 Å². The fourth-order valence-corrected chi connectivity index (χ4v) is 11.5. The normalized spacial score (nSPS) is 40.1. The number of carbonyl (C=O) groups is 1. The number of rotatable bonds is 12. The van der Waals surface area contributed by atoms with Crippen LogP contribution in [-0.2, 0) is 42.2 Å². The van der Waals surface area contributed by atoms with Gasteiger partial charge in [-0.3, -0.25) is 4.79 Å². The number of likely N-dealkylation sites (N-methyl/N-ethyl adjacent to an activating group) is 1. The number of oxime groups is 1. The Morgan fingerprint density at radius 3 is 2.18 bits per heavy atom. The van der Waals surface area contributed by atoms with E-state index >= 15 is 0 Å². The summed E-state index contributed by atoms with van der Waals surface area (Å²) in [5, 5.41) is 4.32. The first-order valence-electron chi connectivity index (χ1n) is 20.4. The fourth-order valence-electron chi connectivity index (χ4n) is 9.20. The topological polar surface area (TPSA) is 107 Å². The number of carbonyl (C=O) groups excluding carboxylic acids is 1. The highest BCUT2D eigenvalue weighted by atomic mass is 28.4. The summed E-state index contributed by atoms with van der Waals surface area (Å²) < 4.78 is 49.1. The van der Waals surface area contributed by atoms with Gasteiger partial charge in [0.1, 0.15) is 24.4 Å². The van der Waals surface area contributed by atoms with E-state index in [0.29, 0.717) is 12.8 Å². The third-order valence-electron chi connectivity index (χ3n) is 11.6. The van der Waals surface area contributed by atoms with Crippen molar-refractivity contribution in [3.63, 3.8) is 0 Å². The molecule has 310 valence electrons. The number of hydrogen-bond donors (Lipinski definition) is 0. The maximum absolute atomic E-state index is 14.3. The quantitative estimate of drug-likeness (QED) is 0.0685. The minimum absolute atomic E-state index is 0.0699. The van der Waals surface area contributed by atoms with Gasteiger partial charge in [-0.15, -0.1) is 0 Å². The highest BCUT2D eigenvalue weighted by Crippen LogP contribution is 2.57. The number of cyclic esters (lactones) is 1. The molecule has 55 heavy (non-hydrogen) atoms. The van der Waals surface area contributed by atoms with Crippen LogP contribution in [0.5, 0.6) is 0 Å². The average Bonchev–Trinajstić information content (AvgIpc) is 3.52. The molecule has 13 atom stereocenters. The Balaban J connectivity index is 1.62. The molecule has 0 aromatic heterocycles. The molecule has 3 saturated heterocycles. The Kier molecular flexibility index (Phi) is 13.4. The van der Waals surface area contributed by atoms with Crippen LogP contribution >= 0.6 is 0 Å². The van der Waals surface area contributed by atoms with Gasteiger partial charge in [-0.25, -0.2) is 0 Å². The molecule has 0 saturated carbocycles. The maximum atomic E-state index is 14.3. The second-order valence-electron chi connectivity index (χ2n) is 19.1. The van der Waals surface area contributed by atoms with Gasteiger partial charge in [-0.05, 0) is 112 Å². The lowest BCUT2D eigenvalue weighted by atomic mass is 9.78. The minimum Gasteiger partial charge on any atom is -0.459 e. The molecule has 2 unspecified atom stereocenters. The molecule has 5 rings (SSSR count). The Morgan fingerprint density at radius 2 is 1.58 bits per heavy atom. The van der Waals surface area contributed by atoms with Crippen LogP contribution in [0, 0.1) is 17.8 Å². The second kappa shape index (κ2) is 16.7. The van der Waals surface area contributed by atoms with Gasteiger partial charge in [0, 0.05) is 23.5 Å². The summed E-state index contributed by atoms with van der Waals surface area (Å²) in [5.41, 5.74) is -0.185. The third kappa shape index (κ3) is 9.85. The SMILES string of the molecule is CC[C@H]1OC(=O)[C@H](C)[C@@H](O[Si](C)(C)C)[C@H](C)[C@@H](O[C@@H]2O[C@H](C)C[C@H](N(C)C)[C@@H]2O[Si](C)(C)C)[C@@]2(C)C[C@@H](C)C3(OC1(C)C=C3CO/N=C\c1ccccc1)O2. The maximum Gasteiger partial charge on any atom is 0.311 e. The van der Waals surface area contributed by atoms with Crippen LogP contribution < -0.4 is 0 Å². The zero-order chi connectivity index (χ0) is 40.7. The molecular weight excluding hydrogens is 733 g/mol. The summed E-state index contributed by atoms with van der Waals surface area (Å²) in [6, 6.07) is 9.89. The first kappa shape index (κ1) is 44.2. The van der Waals surface area contributed by atoms with E-state index in [1.807, 2.05) is 57.2 Å². The lowest BCUT2D eigenvalue weighted by Crippen LogP contribution is -2.62. The predicted octanol–water partition coefficient (Wildman–Crippen LogP) is 7.76. The van der Waals surface area contributed by atoms with E-state index in [1.54, 1.807) is 6.21 Å². The van der Waals surface area contributed by atoms with Crippen molar-refractivity contribution in [1.82, 2.24) is 4.90 Å². The largest absolute Gasteiger partial charge is 0.459 e. The smallest absolute Gasteiger partial charge is 0.311 e.